The summed E-state index contributed by atoms with van der Waals surface area (Å²) in [5, 5.41) is 3.48. The number of amides is 1. The van der Waals surface area contributed by atoms with Crippen LogP contribution in [0.2, 0.25) is 5.02 Å². The predicted octanol–water partition coefficient (Wildman–Crippen LogP) is 2.09. The average molecular weight is 282 g/mol. The lowest BCUT2D eigenvalue weighted by atomic mass is 10.1. The normalized spacial score (nSPS) is 20.2. The molecular formula is C14H20ClN3O. The van der Waals surface area contributed by atoms with E-state index in [2.05, 4.69) is 10.2 Å². The van der Waals surface area contributed by atoms with E-state index in [1.165, 1.54) is 0 Å². The molecule has 1 aliphatic rings. The number of hydrogen-bond acceptors (Lipinski definition) is 3. The molecule has 0 spiro atoms. The number of rotatable bonds is 4. The van der Waals surface area contributed by atoms with Crippen molar-refractivity contribution in [2.75, 3.05) is 25.0 Å². The lowest BCUT2D eigenvalue weighted by molar-refractivity contribution is -0.116. The first-order valence-corrected chi connectivity index (χ1v) is 7.04. The summed E-state index contributed by atoms with van der Waals surface area (Å²) in [4.78, 5) is 14.1. The maximum absolute atomic E-state index is 11.8. The maximum Gasteiger partial charge on any atom is 0.225 e. The molecule has 0 unspecified atom stereocenters. The molecule has 19 heavy (non-hydrogen) atoms. The van der Waals surface area contributed by atoms with Crippen molar-refractivity contribution in [1.82, 2.24) is 4.90 Å². The lowest BCUT2D eigenvalue weighted by Gasteiger charge is -2.30. The van der Waals surface area contributed by atoms with Gasteiger partial charge in [-0.25, -0.2) is 0 Å². The molecule has 2 rings (SSSR count). The molecule has 5 heteroatoms. The summed E-state index contributed by atoms with van der Waals surface area (Å²) in [5.41, 5.74) is 6.66. The number of carbonyl (C=O) groups excluding carboxylic acids is 1. The fourth-order valence-corrected chi connectivity index (χ4v) is 2.53. The number of carbonyl (C=O) groups is 1. The summed E-state index contributed by atoms with van der Waals surface area (Å²) in [7, 11) is 0. The van der Waals surface area contributed by atoms with Crippen molar-refractivity contribution in [3.63, 3.8) is 0 Å². The van der Waals surface area contributed by atoms with Crippen LogP contribution in [0, 0.1) is 0 Å². The molecule has 1 aliphatic heterocycles. The van der Waals surface area contributed by atoms with Crippen molar-refractivity contribution in [2.45, 2.75) is 25.3 Å². The van der Waals surface area contributed by atoms with Gasteiger partial charge in [-0.05, 0) is 37.6 Å². The van der Waals surface area contributed by atoms with Crippen LogP contribution < -0.4 is 11.1 Å². The molecule has 104 valence electrons. The van der Waals surface area contributed by atoms with Crippen LogP contribution in [0.25, 0.3) is 0 Å². The fraction of sp³-hybridized carbons (Fsp3) is 0.500. The molecule has 0 bridgehead atoms. The summed E-state index contributed by atoms with van der Waals surface area (Å²) in [6.07, 6.45) is 2.70. The quantitative estimate of drug-likeness (QED) is 0.888. The number of piperidine rings is 1. The number of anilines is 1. The van der Waals surface area contributed by atoms with E-state index in [1.807, 2.05) is 12.1 Å². The highest BCUT2D eigenvalue weighted by molar-refractivity contribution is 6.30. The third kappa shape index (κ3) is 4.82. The van der Waals surface area contributed by atoms with E-state index >= 15 is 0 Å². The smallest absolute Gasteiger partial charge is 0.225 e. The minimum absolute atomic E-state index is 0.0152. The zero-order chi connectivity index (χ0) is 13.7. The monoisotopic (exact) mass is 281 g/mol. The van der Waals surface area contributed by atoms with Gasteiger partial charge in [-0.2, -0.15) is 0 Å². The SMILES string of the molecule is N[C@@H]1CCCN(CCC(=O)Nc2cccc(Cl)c2)C1. The number of halogens is 1. The Hall–Kier alpha value is -1.10. The van der Waals surface area contributed by atoms with Gasteiger partial charge in [0.05, 0.1) is 0 Å². The summed E-state index contributed by atoms with van der Waals surface area (Å²) < 4.78 is 0. The third-order valence-electron chi connectivity index (χ3n) is 3.31. The van der Waals surface area contributed by atoms with E-state index in [4.69, 9.17) is 17.3 Å². The topological polar surface area (TPSA) is 58.4 Å². The molecule has 1 amide bonds. The molecule has 1 aromatic carbocycles. The number of likely N-dealkylation sites (tertiary alicyclic amines) is 1. The second-order valence-electron chi connectivity index (χ2n) is 5.01. The molecule has 1 aromatic rings. The highest BCUT2D eigenvalue weighted by Crippen LogP contribution is 2.15. The second kappa shape index (κ2) is 6.89. The molecule has 0 saturated carbocycles. The predicted molar refractivity (Wildman–Crippen MR) is 78.3 cm³/mol. The van der Waals surface area contributed by atoms with Gasteiger partial charge in [-0.1, -0.05) is 17.7 Å². The van der Waals surface area contributed by atoms with Gasteiger partial charge in [0.2, 0.25) is 5.91 Å². The molecule has 1 atom stereocenters. The summed E-state index contributed by atoms with van der Waals surface area (Å²) >= 11 is 5.87. The number of benzene rings is 1. The summed E-state index contributed by atoms with van der Waals surface area (Å²) in [6.45, 7) is 2.70. The van der Waals surface area contributed by atoms with Crippen molar-refractivity contribution in [3.05, 3.63) is 29.3 Å². The van der Waals surface area contributed by atoms with Crippen LogP contribution in [-0.2, 0) is 4.79 Å². The van der Waals surface area contributed by atoms with E-state index in [0.29, 0.717) is 11.4 Å². The Kier molecular flexibility index (Phi) is 5.19. The Morgan fingerprint density at radius 1 is 1.53 bits per heavy atom. The van der Waals surface area contributed by atoms with E-state index in [9.17, 15) is 4.79 Å². The molecule has 0 radical (unpaired) electrons. The zero-order valence-electron chi connectivity index (χ0n) is 10.9. The fourth-order valence-electron chi connectivity index (χ4n) is 2.34. The van der Waals surface area contributed by atoms with Gasteiger partial charge in [0.25, 0.3) is 0 Å². The number of nitrogens with two attached hydrogens (primary N) is 1. The Bertz CT molecular complexity index is 438. The minimum atomic E-state index is 0.0152. The molecule has 4 nitrogen and oxygen atoms in total. The van der Waals surface area contributed by atoms with Gasteiger partial charge >= 0.3 is 0 Å². The van der Waals surface area contributed by atoms with Gasteiger partial charge < -0.3 is 16.0 Å². The molecule has 1 saturated heterocycles. The standard InChI is InChI=1S/C14H20ClN3O/c15-11-3-1-5-13(9-11)17-14(19)6-8-18-7-2-4-12(16)10-18/h1,3,5,9,12H,2,4,6-8,10,16H2,(H,17,19)/t12-/m1/s1. The first-order valence-electron chi connectivity index (χ1n) is 6.67. The highest BCUT2D eigenvalue weighted by atomic mass is 35.5. The first-order chi connectivity index (χ1) is 9.13. The largest absolute Gasteiger partial charge is 0.327 e. The molecule has 0 aromatic heterocycles. The van der Waals surface area contributed by atoms with Gasteiger partial charge in [0.1, 0.15) is 0 Å². The summed E-state index contributed by atoms with van der Waals surface area (Å²) in [6, 6.07) is 7.44. The van der Waals surface area contributed by atoms with Crippen LogP contribution in [0.3, 0.4) is 0 Å². The molecule has 0 aliphatic carbocycles. The van der Waals surface area contributed by atoms with Crippen molar-refractivity contribution < 1.29 is 4.79 Å². The average Bonchev–Trinajstić information content (AvgIpc) is 2.36. The third-order valence-corrected chi connectivity index (χ3v) is 3.54. The van der Waals surface area contributed by atoms with E-state index in [-0.39, 0.29) is 11.9 Å². The molecule has 1 fully saturated rings. The van der Waals surface area contributed by atoms with Crippen molar-refractivity contribution in [1.29, 1.82) is 0 Å². The van der Waals surface area contributed by atoms with Gasteiger partial charge in [-0.3, -0.25) is 4.79 Å². The highest BCUT2D eigenvalue weighted by Gasteiger charge is 2.17. The van der Waals surface area contributed by atoms with Crippen molar-refractivity contribution >= 4 is 23.2 Å². The summed E-state index contributed by atoms with van der Waals surface area (Å²) in [5.74, 6) is 0.0152. The Balaban J connectivity index is 1.75. The van der Waals surface area contributed by atoms with E-state index in [1.54, 1.807) is 12.1 Å². The first kappa shape index (κ1) is 14.3. The van der Waals surface area contributed by atoms with Crippen LogP contribution in [0.5, 0.6) is 0 Å². The van der Waals surface area contributed by atoms with Crippen LogP contribution in [0.1, 0.15) is 19.3 Å². The van der Waals surface area contributed by atoms with Gasteiger partial charge in [-0.15, -0.1) is 0 Å². The van der Waals surface area contributed by atoms with Gasteiger partial charge in [0.15, 0.2) is 0 Å². The van der Waals surface area contributed by atoms with Crippen molar-refractivity contribution in [3.8, 4) is 0 Å². The molecule has 3 N–H and O–H groups in total. The van der Waals surface area contributed by atoms with Crippen LogP contribution in [0.4, 0.5) is 5.69 Å². The number of hydrogen-bond donors (Lipinski definition) is 2. The zero-order valence-corrected chi connectivity index (χ0v) is 11.7. The Morgan fingerprint density at radius 3 is 3.11 bits per heavy atom. The molecule has 1 heterocycles. The van der Waals surface area contributed by atoms with Gasteiger partial charge in [0, 0.05) is 36.3 Å². The minimum Gasteiger partial charge on any atom is -0.327 e. The Labute approximate surface area is 118 Å². The number of nitrogens with zero attached hydrogens (tertiary/aromatic N) is 1. The number of nitrogens with one attached hydrogen (secondary N) is 1. The lowest BCUT2D eigenvalue weighted by Crippen LogP contribution is -2.43. The van der Waals surface area contributed by atoms with E-state index < -0.39 is 0 Å². The molecular weight excluding hydrogens is 262 g/mol. The van der Waals surface area contributed by atoms with Crippen LogP contribution in [0.15, 0.2) is 24.3 Å². The second-order valence-corrected chi connectivity index (χ2v) is 5.45. The van der Waals surface area contributed by atoms with Crippen LogP contribution in [-0.4, -0.2) is 36.5 Å². The van der Waals surface area contributed by atoms with Crippen LogP contribution >= 0.6 is 11.6 Å². The van der Waals surface area contributed by atoms with E-state index in [0.717, 1.165) is 38.2 Å². The maximum atomic E-state index is 11.8. The Morgan fingerprint density at radius 2 is 2.37 bits per heavy atom. The van der Waals surface area contributed by atoms with Crippen molar-refractivity contribution in [2.24, 2.45) is 5.73 Å².